The lowest BCUT2D eigenvalue weighted by atomic mass is 10.2. The molecule has 1 saturated heterocycles. The molecule has 0 radical (unpaired) electrons. The fourth-order valence-corrected chi connectivity index (χ4v) is 4.10. The molecular formula is C17H24N2O4S. The molecule has 0 aromatic heterocycles. The van der Waals surface area contributed by atoms with Gasteiger partial charge in [0.2, 0.25) is 15.9 Å². The molecule has 1 aliphatic heterocycles. The lowest BCUT2D eigenvalue weighted by molar-refractivity contribution is -0.132. The molecule has 0 N–H and O–H groups in total. The van der Waals surface area contributed by atoms with Crippen LogP contribution >= 0.6 is 0 Å². The zero-order chi connectivity index (χ0) is 17.7. The zero-order valence-electron chi connectivity index (χ0n) is 14.2. The Morgan fingerprint density at radius 2 is 1.62 bits per heavy atom. The summed E-state index contributed by atoms with van der Waals surface area (Å²) < 4.78 is 26.7. The molecule has 2 rings (SSSR count). The number of hydrogen-bond acceptors (Lipinski definition) is 4. The Hall–Kier alpha value is -1.73. The van der Waals surface area contributed by atoms with Crippen molar-refractivity contribution < 1.29 is 18.0 Å². The van der Waals surface area contributed by atoms with Gasteiger partial charge in [0.25, 0.3) is 0 Å². The van der Waals surface area contributed by atoms with Crippen LogP contribution in [-0.2, 0) is 14.8 Å². The van der Waals surface area contributed by atoms with Crippen molar-refractivity contribution >= 4 is 21.7 Å². The minimum atomic E-state index is -3.59. The lowest BCUT2D eigenvalue weighted by Gasteiger charge is -2.34. The maximum Gasteiger partial charge on any atom is 0.243 e. The highest BCUT2D eigenvalue weighted by molar-refractivity contribution is 7.89. The van der Waals surface area contributed by atoms with Gasteiger partial charge < -0.3 is 4.90 Å². The van der Waals surface area contributed by atoms with E-state index in [4.69, 9.17) is 0 Å². The minimum absolute atomic E-state index is 0.0970. The van der Waals surface area contributed by atoms with Gasteiger partial charge in [-0.2, -0.15) is 4.31 Å². The summed E-state index contributed by atoms with van der Waals surface area (Å²) in [5.41, 5.74) is 0.486. The van der Waals surface area contributed by atoms with Gasteiger partial charge in [0.1, 0.15) is 0 Å². The molecule has 1 aliphatic rings. The fraction of sp³-hybridized carbons (Fsp3) is 0.529. The highest BCUT2D eigenvalue weighted by atomic mass is 32.2. The number of carbonyl (C=O) groups is 2. The van der Waals surface area contributed by atoms with Crippen molar-refractivity contribution in [2.24, 2.45) is 0 Å². The van der Waals surface area contributed by atoms with Gasteiger partial charge in [0.15, 0.2) is 5.78 Å². The van der Waals surface area contributed by atoms with E-state index >= 15 is 0 Å². The molecule has 132 valence electrons. The highest BCUT2D eigenvalue weighted by Crippen LogP contribution is 2.19. The Labute approximate surface area is 143 Å². The average molecular weight is 352 g/mol. The molecule has 0 atom stereocenters. The third kappa shape index (κ3) is 4.21. The summed E-state index contributed by atoms with van der Waals surface area (Å²) >= 11 is 0. The van der Waals surface area contributed by atoms with Crippen molar-refractivity contribution in [3.8, 4) is 0 Å². The van der Waals surface area contributed by atoms with Crippen LogP contribution in [-0.4, -0.2) is 55.5 Å². The number of hydrogen-bond donors (Lipinski definition) is 0. The molecule has 24 heavy (non-hydrogen) atoms. The van der Waals surface area contributed by atoms with E-state index in [1.165, 1.54) is 35.5 Å². The fourth-order valence-electron chi connectivity index (χ4n) is 2.67. The predicted molar refractivity (Wildman–Crippen MR) is 91.3 cm³/mol. The van der Waals surface area contributed by atoms with Crippen LogP contribution in [0.25, 0.3) is 0 Å². The number of nitrogens with zero attached hydrogens (tertiary/aromatic N) is 2. The second-order valence-electron chi connectivity index (χ2n) is 5.97. The molecule has 1 fully saturated rings. The van der Waals surface area contributed by atoms with Crippen LogP contribution in [0.1, 0.15) is 43.5 Å². The van der Waals surface area contributed by atoms with Gasteiger partial charge in [0.05, 0.1) is 4.90 Å². The Kier molecular flexibility index (Phi) is 6.12. The number of sulfonamides is 1. The van der Waals surface area contributed by atoms with Crippen molar-refractivity contribution in [2.75, 3.05) is 26.2 Å². The Balaban J connectivity index is 2.02. The molecule has 6 nitrogen and oxygen atoms in total. The molecule has 1 amide bonds. The molecular weight excluding hydrogens is 328 g/mol. The van der Waals surface area contributed by atoms with E-state index in [2.05, 4.69) is 0 Å². The summed E-state index contributed by atoms with van der Waals surface area (Å²) in [5, 5.41) is 0. The maximum atomic E-state index is 12.7. The molecule has 0 aliphatic carbocycles. The third-order valence-electron chi connectivity index (χ3n) is 4.23. The number of carbonyl (C=O) groups excluding carboxylic acids is 2. The van der Waals surface area contributed by atoms with Gasteiger partial charge >= 0.3 is 0 Å². The summed E-state index contributed by atoms with van der Waals surface area (Å²) in [5.74, 6) is -0.00198. The first-order valence-corrected chi connectivity index (χ1v) is 9.69. The second kappa shape index (κ2) is 7.90. The highest BCUT2D eigenvalue weighted by Gasteiger charge is 2.29. The first-order valence-electron chi connectivity index (χ1n) is 8.25. The number of rotatable bonds is 6. The molecule has 1 heterocycles. The normalized spacial score (nSPS) is 16.2. The molecule has 0 bridgehead atoms. The van der Waals surface area contributed by atoms with Crippen LogP contribution < -0.4 is 0 Å². The maximum absolute atomic E-state index is 12.7. The monoisotopic (exact) mass is 352 g/mol. The predicted octanol–water partition coefficient (Wildman–Crippen LogP) is 1.91. The standard InChI is InChI=1S/C17H24N2O4S/c1-3-4-5-17(21)18-10-12-19(13-11-18)24(22,23)16-8-6-15(7-9-16)14(2)20/h6-9H,3-5,10-13H2,1-2H3. The summed E-state index contributed by atoms with van der Waals surface area (Å²) in [6, 6.07) is 5.98. The average Bonchev–Trinajstić information content (AvgIpc) is 2.59. The van der Waals surface area contributed by atoms with E-state index < -0.39 is 10.0 Å². The SMILES string of the molecule is CCCCC(=O)N1CCN(S(=O)(=O)c2ccc(C(C)=O)cc2)CC1. The smallest absolute Gasteiger partial charge is 0.243 e. The number of ketones is 1. The van der Waals surface area contributed by atoms with Crippen LogP contribution in [0.3, 0.4) is 0 Å². The lowest BCUT2D eigenvalue weighted by Crippen LogP contribution is -2.50. The van der Waals surface area contributed by atoms with Crippen LogP contribution in [0, 0.1) is 0 Å². The van der Waals surface area contributed by atoms with E-state index in [-0.39, 0.29) is 16.6 Å². The molecule has 7 heteroatoms. The minimum Gasteiger partial charge on any atom is -0.340 e. The van der Waals surface area contributed by atoms with Crippen molar-refractivity contribution in [3.63, 3.8) is 0 Å². The summed E-state index contributed by atoms with van der Waals surface area (Å²) in [6.07, 6.45) is 2.35. The topological polar surface area (TPSA) is 74.8 Å². The van der Waals surface area contributed by atoms with E-state index in [0.29, 0.717) is 38.2 Å². The van der Waals surface area contributed by atoms with E-state index in [9.17, 15) is 18.0 Å². The third-order valence-corrected chi connectivity index (χ3v) is 6.15. The number of amides is 1. The number of unbranched alkanes of at least 4 members (excludes halogenated alkanes) is 1. The summed E-state index contributed by atoms with van der Waals surface area (Å²) in [6.45, 7) is 4.93. The van der Waals surface area contributed by atoms with Gasteiger partial charge in [-0.05, 0) is 25.5 Å². The molecule has 0 spiro atoms. The van der Waals surface area contributed by atoms with Crippen molar-refractivity contribution in [1.29, 1.82) is 0 Å². The molecule has 0 unspecified atom stereocenters. The van der Waals surface area contributed by atoms with Gasteiger partial charge in [-0.3, -0.25) is 9.59 Å². The van der Waals surface area contributed by atoms with Crippen molar-refractivity contribution in [1.82, 2.24) is 9.21 Å². The molecule has 0 saturated carbocycles. The van der Waals surface area contributed by atoms with Gasteiger partial charge in [-0.25, -0.2) is 8.42 Å². The van der Waals surface area contributed by atoms with Crippen LogP contribution in [0.15, 0.2) is 29.2 Å². The van der Waals surface area contributed by atoms with Crippen LogP contribution in [0.5, 0.6) is 0 Å². The Bertz CT molecular complexity index is 690. The van der Waals surface area contributed by atoms with Gasteiger partial charge in [-0.15, -0.1) is 0 Å². The molecule has 1 aromatic carbocycles. The zero-order valence-corrected chi connectivity index (χ0v) is 15.0. The number of Topliss-reactive ketones (excluding diaryl/α,β-unsaturated/α-hetero) is 1. The first kappa shape index (κ1) is 18.6. The number of piperazine rings is 1. The quantitative estimate of drug-likeness (QED) is 0.733. The van der Waals surface area contributed by atoms with E-state index in [1.807, 2.05) is 6.92 Å². The van der Waals surface area contributed by atoms with Crippen LogP contribution in [0.4, 0.5) is 0 Å². The van der Waals surface area contributed by atoms with Crippen LogP contribution in [0.2, 0.25) is 0 Å². The second-order valence-corrected chi connectivity index (χ2v) is 7.91. The Morgan fingerprint density at radius 1 is 1.04 bits per heavy atom. The Morgan fingerprint density at radius 3 is 2.12 bits per heavy atom. The van der Waals surface area contributed by atoms with Gasteiger partial charge in [0, 0.05) is 38.2 Å². The number of benzene rings is 1. The molecule has 1 aromatic rings. The first-order chi connectivity index (χ1) is 11.4. The summed E-state index contributed by atoms with van der Waals surface area (Å²) in [7, 11) is -3.59. The van der Waals surface area contributed by atoms with E-state index in [1.54, 1.807) is 4.90 Å². The van der Waals surface area contributed by atoms with Gasteiger partial charge in [-0.1, -0.05) is 25.5 Å². The van der Waals surface area contributed by atoms with Crippen molar-refractivity contribution in [3.05, 3.63) is 29.8 Å². The largest absolute Gasteiger partial charge is 0.340 e. The van der Waals surface area contributed by atoms with Crippen molar-refractivity contribution in [2.45, 2.75) is 38.0 Å². The summed E-state index contributed by atoms with van der Waals surface area (Å²) in [4.78, 5) is 25.2. The van der Waals surface area contributed by atoms with E-state index in [0.717, 1.165) is 12.8 Å².